The highest BCUT2D eigenvalue weighted by molar-refractivity contribution is 4.73. The molecule has 0 aliphatic carbocycles. The van der Waals surface area contributed by atoms with E-state index >= 15 is 0 Å². The molecule has 2 heteroatoms. The maximum Gasteiger partial charge on any atom is 0.0165 e. The van der Waals surface area contributed by atoms with Gasteiger partial charge in [0.15, 0.2) is 0 Å². The summed E-state index contributed by atoms with van der Waals surface area (Å²) in [6.07, 6.45) is 3.86. The van der Waals surface area contributed by atoms with Crippen LogP contribution in [0.25, 0.3) is 0 Å². The van der Waals surface area contributed by atoms with Crippen LogP contribution in [0.4, 0.5) is 0 Å². The van der Waals surface area contributed by atoms with Gasteiger partial charge in [0, 0.05) is 19.1 Å². The van der Waals surface area contributed by atoms with Gasteiger partial charge in [-0.15, -0.1) is 0 Å². The van der Waals surface area contributed by atoms with Crippen LogP contribution in [0.1, 0.15) is 33.1 Å². The van der Waals surface area contributed by atoms with Gasteiger partial charge >= 0.3 is 0 Å². The fourth-order valence-electron chi connectivity index (χ4n) is 1.91. The van der Waals surface area contributed by atoms with Crippen molar-refractivity contribution in [1.29, 1.82) is 0 Å². The molecule has 0 saturated carbocycles. The monoisotopic (exact) mass is 170 g/mol. The molecule has 0 aromatic rings. The second-order valence-corrected chi connectivity index (χ2v) is 4.18. The van der Waals surface area contributed by atoms with Crippen LogP contribution in [0.5, 0.6) is 0 Å². The van der Waals surface area contributed by atoms with E-state index < -0.39 is 0 Å². The lowest BCUT2D eigenvalue weighted by molar-refractivity contribution is 0.173. The largest absolute Gasteiger partial charge is 0.327 e. The first-order valence-electron chi connectivity index (χ1n) is 5.20. The number of hydrogen-bond donors (Lipinski definition) is 1. The number of nitrogens with zero attached hydrogens (tertiary/aromatic N) is 1. The van der Waals surface area contributed by atoms with Crippen molar-refractivity contribution < 1.29 is 0 Å². The molecule has 1 rings (SSSR count). The number of hydrogen-bond acceptors (Lipinski definition) is 2. The van der Waals surface area contributed by atoms with Crippen LogP contribution in [-0.2, 0) is 0 Å². The number of likely N-dealkylation sites (tertiary alicyclic amines) is 1. The van der Waals surface area contributed by atoms with Crippen molar-refractivity contribution in [2.75, 3.05) is 19.6 Å². The average Bonchev–Trinajstić information content (AvgIpc) is 2.04. The molecule has 2 N–H and O–H groups in total. The quantitative estimate of drug-likeness (QED) is 0.694. The normalized spacial score (nSPS) is 28.8. The Balaban J connectivity index is 2.22. The van der Waals surface area contributed by atoms with Crippen molar-refractivity contribution in [2.24, 2.45) is 11.7 Å². The number of rotatable bonds is 3. The smallest absolute Gasteiger partial charge is 0.0165 e. The van der Waals surface area contributed by atoms with E-state index in [0.29, 0.717) is 6.04 Å². The number of nitrogens with two attached hydrogens (primary N) is 1. The van der Waals surface area contributed by atoms with Crippen molar-refractivity contribution in [3.8, 4) is 0 Å². The highest BCUT2D eigenvalue weighted by Crippen LogP contribution is 2.15. The zero-order valence-corrected chi connectivity index (χ0v) is 8.42. The van der Waals surface area contributed by atoms with Gasteiger partial charge in [-0.1, -0.05) is 13.8 Å². The van der Waals surface area contributed by atoms with Crippen LogP contribution in [0, 0.1) is 5.92 Å². The summed E-state index contributed by atoms with van der Waals surface area (Å²) in [6.45, 7) is 8.12. The summed E-state index contributed by atoms with van der Waals surface area (Å²) in [6, 6.07) is 0.385. The van der Waals surface area contributed by atoms with Crippen LogP contribution < -0.4 is 5.73 Å². The second kappa shape index (κ2) is 4.83. The summed E-state index contributed by atoms with van der Waals surface area (Å²) in [7, 11) is 0. The van der Waals surface area contributed by atoms with E-state index in [2.05, 4.69) is 18.7 Å². The Morgan fingerprint density at radius 2 is 2.33 bits per heavy atom. The molecular weight excluding hydrogens is 148 g/mol. The highest BCUT2D eigenvalue weighted by Gasteiger charge is 2.17. The van der Waals surface area contributed by atoms with Gasteiger partial charge in [0.05, 0.1) is 0 Å². The third-order valence-corrected chi connectivity index (χ3v) is 2.76. The SMILES string of the molecule is CC[C@@H](N)CN1CCC[C@H](C)C1. The van der Waals surface area contributed by atoms with E-state index in [4.69, 9.17) is 5.73 Å². The van der Waals surface area contributed by atoms with E-state index in [1.165, 1.54) is 25.9 Å². The van der Waals surface area contributed by atoms with Gasteiger partial charge in [-0.2, -0.15) is 0 Å². The molecule has 72 valence electrons. The van der Waals surface area contributed by atoms with E-state index in [1.807, 2.05) is 0 Å². The van der Waals surface area contributed by atoms with Crippen LogP contribution >= 0.6 is 0 Å². The molecule has 0 radical (unpaired) electrons. The second-order valence-electron chi connectivity index (χ2n) is 4.18. The van der Waals surface area contributed by atoms with Crippen LogP contribution in [0.15, 0.2) is 0 Å². The van der Waals surface area contributed by atoms with Gasteiger partial charge in [0.25, 0.3) is 0 Å². The maximum absolute atomic E-state index is 5.91. The van der Waals surface area contributed by atoms with Crippen molar-refractivity contribution in [3.05, 3.63) is 0 Å². The van der Waals surface area contributed by atoms with Crippen LogP contribution in [0.2, 0.25) is 0 Å². The Kier molecular flexibility index (Phi) is 4.02. The van der Waals surface area contributed by atoms with Crippen molar-refractivity contribution in [1.82, 2.24) is 4.90 Å². The molecule has 1 aliphatic heterocycles. The lowest BCUT2D eigenvalue weighted by atomic mass is 10.00. The molecule has 0 bridgehead atoms. The fraction of sp³-hybridized carbons (Fsp3) is 1.00. The standard InChI is InChI=1S/C10H22N2/c1-3-10(11)8-12-6-4-5-9(2)7-12/h9-10H,3-8,11H2,1-2H3/t9-,10+/m0/s1. The van der Waals surface area contributed by atoms with Crippen LogP contribution in [-0.4, -0.2) is 30.6 Å². The summed E-state index contributed by atoms with van der Waals surface area (Å²) < 4.78 is 0. The minimum absolute atomic E-state index is 0.385. The first-order valence-corrected chi connectivity index (χ1v) is 5.20. The molecule has 0 aromatic heterocycles. The Morgan fingerprint density at radius 3 is 2.92 bits per heavy atom. The first kappa shape index (κ1) is 10.0. The summed E-state index contributed by atoms with van der Waals surface area (Å²) in [5.74, 6) is 0.878. The van der Waals surface area contributed by atoms with Gasteiger partial charge in [-0.05, 0) is 31.7 Å². The molecule has 12 heavy (non-hydrogen) atoms. The summed E-state index contributed by atoms with van der Waals surface area (Å²) in [5.41, 5.74) is 5.91. The minimum Gasteiger partial charge on any atom is -0.327 e. The molecule has 1 fully saturated rings. The molecule has 0 amide bonds. The van der Waals surface area contributed by atoms with Crippen molar-refractivity contribution in [2.45, 2.75) is 39.2 Å². The predicted molar refractivity (Wildman–Crippen MR) is 53.1 cm³/mol. The molecule has 1 heterocycles. The Hall–Kier alpha value is -0.0800. The lowest BCUT2D eigenvalue weighted by Gasteiger charge is -2.32. The molecule has 0 aromatic carbocycles. The first-order chi connectivity index (χ1) is 5.72. The average molecular weight is 170 g/mol. The van der Waals surface area contributed by atoms with Gasteiger partial charge < -0.3 is 10.6 Å². The summed E-state index contributed by atoms with van der Waals surface area (Å²) in [4.78, 5) is 2.52. The van der Waals surface area contributed by atoms with Crippen molar-refractivity contribution in [3.63, 3.8) is 0 Å². The Labute approximate surface area is 76.1 Å². The van der Waals surface area contributed by atoms with Gasteiger partial charge in [-0.25, -0.2) is 0 Å². The zero-order chi connectivity index (χ0) is 8.97. The van der Waals surface area contributed by atoms with Crippen LogP contribution in [0.3, 0.4) is 0 Å². The van der Waals surface area contributed by atoms with E-state index in [1.54, 1.807) is 0 Å². The van der Waals surface area contributed by atoms with Gasteiger partial charge in [0.1, 0.15) is 0 Å². The topological polar surface area (TPSA) is 29.3 Å². The third kappa shape index (κ3) is 3.11. The third-order valence-electron chi connectivity index (χ3n) is 2.76. The van der Waals surface area contributed by atoms with Crippen molar-refractivity contribution >= 4 is 0 Å². The summed E-state index contributed by atoms with van der Waals surface area (Å²) in [5, 5.41) is 0. The Morgan fingerprint density at radius 1 is 1.58 bits per heavy atom. The molecule has 0 unspecified atom stereocenters. The molecule has 1 saturated heterocycles. The minimum atomic E-state index is 0.385. The van der Waals surface area contributed by atoms with E-state index in [-0.39, 0.29) is 0 Å². The Bertz CT molecular complexity index is 125. The van der Waals surface area contributed by atoms with Gasteiger partial charge in [0.2, 0.25) is 0 Å². The molecule has 0 spiro atoms. The molecule has 1 aliphatic rings. The zero-order valence-electron chi connectivity index (χ0n) is 8.42. The molecule has 2 nitrogen and oxygen atoms in total. The van der Waals surface area contributed by atoms with Gasteiger partial charge in [-0.3, -0.25) is 0 Å². The highest BCUT2D eigenvalue weighted by atomic mass is 15.1. The summed E-state index contributed by atoms with van der Waals surface area (Å²) >= 11 is 0. The van der Waals surface area contributed by atoms with E-state index in [0.717, 1.165) is 18.9 Å². The molecular formula is C10H22N2. The fourth-order valence-corrected chi connectivity index (χ4v) is 1.91. The molecule has 2 atom stereocenters. The maximum atomic E-state index is 5.91. The lowest BCUT2D eigenvalue weighted by Crippen LogP contribution is -2.42. The predicted octanol–water partition coefficient (Wildman–Crippen LogP) is 1.46. The number of piperidine rings is 1. The van der Waals surface area contributed by atoms with E-state index in [9.17, 15) is 0 Å².